The molecule has 0 saturated carbocycles. The predicted octanol–water partition coefficient (Wildman–Crippen LogP) is 14.1. The SMILES string of the molecule is CC(=O)SCc1cccc(-c2c3nc(c(-c4cccc(I)c4)c4ccc([nH]4)c(-c4cccc(CSC(C)=O)c4)c4nc(c(-c5cccc(I)c5)c5ccc2[nH]5)C=C4)C=C3)c1.[Cu]. The third-order valence-corrected chi connectivity index (χ3v) is 13.4. The van der Waals surface area contributed by atoms with Crippen LogP contribution >= 0.6 is 68.7 Å². The molecule has 3 aromatic heterocycles. The Morgan fingerprint density at radius 3 is 1.10 bits per heavy atom. The van der Waals surface area contributed by atoms with Crippen LogP contribution < -0.4 is 0 Å². The molecule has 2 aliphatic heterocycles. The van der Waals surface area contributed by atoms with Gasteiger partial charge in [0, 0.05) is 93.9 Å². The minimum atomic E-state index is 0. The molecule has 7 aromatic rings. The van der Waals surface area contributed by atoms with Gasteiger partial charge in [0.2, 0.25) is 0 Å². The molecule has 9 rings (SSSR count). The van der Waals surface area contributed by atoms with Gasteiger partial charge in [0.1, 0.15) is 0 Å². The molecule has 8 bridgehead atoms. The van der Waals surface area contributed by atoms with Gasteiger partial charge in [-0.25, -0.2) is 9.97 Å². The summed E-state index contributed by atoms with van der Waals surface area (Å²) >= 11 is 7.36. The molecular formula is C50H36CuI2N4O2S2. The molecular weight excluding hydrogens is 1070 g/mol. The van der Waals surface area contributed by atoms with Crippen molar-refractivity contribution in [3.8, 4) is 44.5 Å². The number of carbonyl (C=O) groups is 2. The number of hydrogen-bond acceptors (Lipinski definition) is 6. The van der Waals surface area contributed by atoms with E-state index in [1.807, 2.05) is 0 Å². The van der Waals surface area contributed by atoms with Crippen LogP contribution in [0.2, 0.25) is 0 Å². The number of halogens is 2. The maximum absolute atomic E-state index is 12.0. The van der Waals surface area contributed by atoms with E-state index in [9.17, 15) is 9.59 Å². The van der Waals surface area contributed by atoms with Crippen molar-refractivity contribution in [2.75, 3.05) is 0 Å². The van der Waals surface area contributed by atoms with E-state index in [0.717, 1.165) is 108 Å². The first-order valence-electron chi connectivity index (χ1n) is 19.3. The summed E-state index contributed by atoms with van der Waals surface area (Å²) in [5.74, 6) is 1.17. The largest absolute Gasteiger partial charge is 0.354 e. The number of thioether (sulfide) groups is 2. The fourth-order valence-corrected chi connectivity index (χ4v) is 9.90. The van der Waals surface area contributed by atoms with Crippen LogP contribution in [0.3, 0.4) is 0 Å². The second-order valence-corrected chi connectivity index (χ2v) is 19.3. The van der Waals surface area contributed by atoms with Crippen LogP contribution in [0.5, 0.6) is 0 Å². The first-order chi connectivity index (χ1) is 29.2. The molecule has 0 spiro atoms. The number of carbonyl (C=O) groups excluding carboxylic acids is 2. The molecule has 0 fully saturated rings. The van der Waals surface area contributed by atoms with Crippen molar-refractivity contribution in [2.45, 2.75) is 25.4 Å². The fraction of sp³-hybridized carbons (Fsp3) is 0.0800. The summed E-state index contributed by atoms with van der Waals surface area (Å²) in [4.78, 5) is 42.5. The third kappa shape index (κ3) is 9.47. The maximum Gasteiger partial charge on any atom is 0.186 e. The average molecular weight is 1110 g/mol. The smallest absolute Gasteiger partial charge is 0.186 e. The van der Waals surface area contributed by atoms with Crippen LogP contribution in [0.25, 0.3) is 90.9 Å². The average Bonchev–Trinajstić information content (AvgIpc) is 4.08. The molecule has 11 heteroatoms. The van der Waals surface area contributed by atoms with Gasteiger partial charge >= 0.3 is 0 Å². The molecule has 0 unspecified atom stereocenters. The van der Waals surface area contributed by atoms with E-state index in [2.05, 4.69) is 201 Å². The Hall–Kier alpha value is -4.50. The monoisotopic (exact) mass is 1100 g/mol. The number of nitrogens with zero attached hydrogens (tertiary/aromatic N) is 2. The van der Waals surface area contributed by atoms with Gasteiger partial charge in [-0.1, -0.05) is 96.3 Å². The zero-order valence-corrected chi connectivity index (χ0v) is 39.7. The number of benzene rings is 4. The Morgan fingerprint density at radius 1 is 0.475 bits per heavy atom. The Bertz CT molecular complexity index is 2910. The normalized spacial score (nSPS) is 11.7. The zero-order chi connectivity index (χ0) is 41.3. The topological polar surface area (TPSA) is 91.5 Å². The van der Waals surface area contributed by atoms with Crippen molar-refractivity contribution in [2.24, 2.45) is 0 Å². The Balaban J connectivity index is 0.00000514. The Labute approximate surface area is 400 Å². The summed E-state index contributed by atoms with van der Waals surface area (Å²) in [6.07, 6.45) is 8.43. The van der Waals surface area contributed by atoms with Crippen molar-refractivity contribution in [3.05, 3.63) is 162 Å². The molecule has 305 valence electrons. The molecule has 0 saturated heterocycles. The molecule has 6 nitrogen and oxygen atoms in total. The van der Waals surface area contributed by atoms with Gasteiger partial charge in [-0.3, -0.25) is 9.59 Å². The van der Waals surface area contributed by atoms with E-state index >= 15 is 0 Å². The van der Waals surface area contributed by atoms with Crippen molar-refractivity contribution in [1.82, 2.24) is 19.9 Å². The van der Waals surface area contributed by atoms with Gasteiger partial charge in [-0.2, -0.15) is 0 Å². The number of nitrogens with one attached hydrogen (secondary N) is 2. The van der Waals surface area contributed by atoms with Gasteiger partial charge < -0.3 is 9.97 Å². The van der Waals surface area contributed by atoms with E-state index in [4.69, 9.17) is 9.97 Å². The van der Waals surface area contributed by atoms with Crippen molar-refractivity contribution in [3.63, 3.8) is 0 Å². The zero-order valence-electron chi connectivity index (χ0n) is 32.9. The summed E-state index contributed by atoms with van der Waals surface area (Å²) in [5, 5.41) is 0.176. The molecule has 5 heterocycles. The van der Waals surface area contributed by atoms with Gasteiger partial charge in [0.15, 0.2) is 10.2 Å². The molecule has 2 aliphatic rings. The predicted molar refractivity (Wildman–Crippen MR) is 270 cm³/mol. The standard InChI is InChI=1S/C50H36I2N4O2S2.Cu/c1-29(57)59-27-31-7-3-9-33(23-31)47-39-15-19-43(53-39)49(35-11-5-13-37(51)25-35)45-21-17-41(55-45)48(34-10-4-8-32(24-34)28-60-30(2)58)42-18-22-46(56-42)50(44-20-16-40(47)54-44)36-12-6-14-38(52)26-36;/h3-26,53,56H,27-28H2,1-2H3;. The first-order valence-corrected chi connectivity index (χ1v) is 23.4. The van der Waals surface area contributed by atoms with Gasteiger partial charge in [0.25, 0.3) is 0 Å². The van der Waals surface area contributed by atoms with Gasteiger partial charge in [-0.05, 0) is 151 Å². The summed E-state index contributed by atoms with van der Waals surface area (Å²) < 4.78 is 2.24. The Kier molecular flexibility index (Phi) is 13.3. The summed E-state index contributed by atoms with van der Waals surface area (Å²) in [6.45, 7) is 3.22. The second kappa shape index (κ2) is 18.9. The molecule has 0 amide bonds. The minimum absolute atomic E-state index is 0. The van der Waals surface area contributed by atoms with Crippen LogP contribution in [-0.2, 0) is 38.2 Å². The van der Waals surface area contributed by atoms with Crippen LogP contribution in [0.4, 0.5) is 0 Å². The molecule has 0 atom stereocenters. The Morgan fingerprint density at radius 2 is 0.787 bits per heavy atom. The second-order valence-electron chi connectivity index (χ2n) is 14.5. The van der Waals surface area contributed by atoms with Crippen LogP contribution in [0, 0.1) is 7.14 Å². The number of aromatic nitrogens is 4. The van der Waals surface area contributed by atoms with E-state index < -0.39 is 0 Å². The molecule has 61 heavy (non-hydrogen) atoms. The molecule has 1 radical (unpaired) electrons. The van der Waals surface area contributed by atoms with Gasteiger partial charge in [0.05, 0.1) is 22.8 Å². The molecule has 2 N–H and O–H groups in total. The van der Waals surface area contributed by atoms with Crippen LogP contribution in [0.15, 0.2) is 121 Å². The van der Waals surface area contributed by atoms with E-state index in [0.29, 0.717) is 11.5 Å². The maximum atomic E-state index is 12.0. The van der Waals surface area contributed by atoms with E-state index in [1.54, 1.807) is 13.8 Å². The third-order valence-electron chi connectivity index (χ3n) is 10.3. The first kappa shape index (κ1) is 43.2. The van der Waals surface area contributed by atoms with Crippen molar-refractivity contribution >= 4 is 125 Å². The van der Waals surface area contributed by atoms with E-state index in [-0.39, 0.29) is 27.3 Å². The number of fused-ring (bicyclic) bond motifs is 8. The molecule has 0 aliphatic carbocycles. The minimum Gasteiger partial charge on any atom is -0.354 e. The number of rotatable bonds is 8. The van der Waals surface area contributed by atoms with Crippen LogP contribution in [0.1, 0.15) is 47.8 Å². The molecule has 4 aromatic carbocycles. The summed E-state index contributed by atoms with van der Waals surface area (Å²) in [6, 6.07) is 42.4. The van der Waals surface area contributed by atoms with Crippen molar-refractivity contribution in [1.29, 1.82) is 0 Å². The number of aromatic amines is 2. The summed E-state index contributed by atoms with van der Waals surface area (Å²) in [7, 11) is 0. The number of H-pyrrole nitrogens is 2. The fourth-order valence-electron chi connectivity index (χ4n) is 7.71. The van der Waals surface area contributed by atoms with Crippen molar-refractivity contribution < 1.29 is 26.7 Å². The summed E-state index contributed by atoms with van der Waals surface area (Å²) in [5.41, 5.74) is 17.1. The quantitative estimate of drug-likeness (QED) is 0.116. The number of hydrogen-bond donors (Lipinski definition) is 2. The van der Waals surface area contributed by atoms with Crippen LogP contribution in [-0.4, -0.2) is 30.2 Å². The van der Waals surface area contributed by atoms with E-state index in [1.165, 1.54) is 23.5 Å². The van der Waals surface area contributed by atoms with Gasteiger partial charge in [-0.15, -0.1) is 0 Å².